The van der Waals surface area contributed by atoms with Crippen LogP contribution in [0.15, 0.2) is 28.7 Å². The normalized spacial score (nSPS) is 21.3. The van der Waals surface area contributed by atoms with Crippen LogP contribution in [0.3, 0.4) is 0 Å². The first-order chi connectivity index (χ1) is 9.28. The molecule has 0 amide bonds. The molecule has 1 fully saturated rings. The van der Waals surface area contributed by atoms with Gasteiger partial charge in [0.05, 0.1) is 0 Å². The highest BCUT2D eigenvalue weighted by molar-refractivity contribution is 9.10. The molecule has 2 rings (SSSR count). The minimum absolute atomic E-state index is 0.686. The van der Waals surface area contributed by atoms with E-state index in [0.717, 1.165) is 11.0 Å². The summed E-state index contributed by atoms with van der Waals surface area (Å²) in [5, 5.41) is 3.72. The highest BCUT2D eigenvalue weighted by Crippen LogP contribution is 2.14. The summed E-state index contributed by atoms with van der Waals surface area (Å²) in [5.41, 5.74) is 1.37. The van der Waals surface area contributed by atoms with Crippen LogP contribution in [-0.2, 0) is 6.54 Å². The van der Waals surface area contributed by atoms with Crippen molar-refractivity contribution in [3.05, 3.63) is 34.3 Å². The molecule has 0 spiro atoms. The van der Waals surface area contributed by atoms with Gasteiger partial charge in [-0.1, -0.05) is 35.0 Å². The lowest BCUT2D eigenvalue weighted by Crippen LogP contribution is -2.30. The zero-order valence-corrected chi connectivity index (χ0v) is 13.5. The Morgan fingerprint density at radius 2 is 2.00 bits per heavy atom. The van der Waals surface area contributed by atoms with E-state index in [1.165, 1.54) is 50.9 Å². The van der Waals surface area contributed by atoms with E-state index in [-0.39, 0.29) is 0 Å². The van der Waals surface area contributed by atoms with Gasteiger partial charge < -0.3 is 10.2 Å². The van der Waals surface area contributed by atoms with Crippen LogP contribution in [0.5, 0.6) is 0 Å². The first kappa shape index (κ1) is 15.0. The summed E-state index contributed by atoms with van der Waals surface area (Å²) in [6.45, 7) is 7.06. The molecule has 0 aliphatic carbocycles. The van der Waals surface area contributed by atoms with Crippen molar-refractivity contribution in [2.24, 2.45) is 0 Å². The van der Waals surface area contributed by atoms with Gasteiger partial charge in [-0.25, -0.2) is 0 Å². The Labute approximate surface area is 125 Å². The summed E-state index contributed by atoms with van der Waals surface area (Å²) in [5.74, 6) is 0. The number of hydrogen-bond donors (Lipinski definition) is 1. The number of likely N-dealkylation sites (tertiary alicyclic amines) is 1. The molecule has 0 bridgehead atoms. The Balaban J connectivity index is 1.75. The summed E-state index contributed by atoms with van der Waals surface area (Å²) in [6.07, 6.45) is 5.21. The minimum Gasteiger partial charge on any atom is -0.310 e. The zero-order chi connectivity index (χ0) is 13.5. The Morgan fingerprint density at radius 1 is 1.21 bits per heavy atom. The maximum atomic E-state index is 3.72. The first-order valence-corrected chi connectivity index (χ1v) is 8.27. The van der Waals surface area contributed by atoms with E-state index in [9.17, 15) is 0 Å². The van der Waals surface area contributed by atoms with Crippen molar-refractivity contribution in [3.63, 3.8) is 0 Å². The van der Waals surface area contributed by atoms with E-state index >= 15 is 0 Å². The van der Waals surface area contributed by atoms with Crippen molar-refractivity contribution in [1.29, 1.82) is 0 Å². The van der Waals surface area contributed by atoms with Gasteiger partial charge in [0, 0.05) is 17.1 Å². The maximum Gasteiger partial charge on any atom is 0.0208 e. The van der Waals surface area contributed by atoms with Crippen molar-refractivity contribution in [2.45, 2.75) is 45.2 Å². The van der Waals surface area contributed by atoms with Crippen molar-refractivity contribution in [2.75, 3.05) is 19.6 Å². The van der Waals surface area contributed by atoms with Crippen molar-refractivity contribution in [1.82, 2.24) is 10.2 Å². The molecule has 19 heavy (non-hydrogen) atoms. The average Bonchev–Trinajstić information content (AvgIpc) is 2.64. The van der Waals surface area contributed by atoms with Crippen LogP contribution >= 0.6 is 15.9 Å². The fourth-order valence-corrected chi connectivity index (χ4v) is 3.03. The van der Waals surface area contributed by atoms with Gasteiger partial charge in [0.15, 0.2) is 0 Å². The molecule has 1 aromatic rings. The molecule has 3 heteroatoms. The number of halogens is 1. The van der Waals surface area contributed by atoms with Crippen LogP contribution < -0.4 is 5.32 Å². The maximum absolute atomic E-state index is 3.72. The van der Waals surface area contributed by atoms with Gasteiger partial charge in [0.25, 0.3) is 0 Å². The lowest BCUT2D eigenvalue weighted by Gasteiger charge is -2.19. The van der Waals surface area contributed by atoms with Crippen LogP contribution in [0.1, 0.15) is 38.2 Å². The van der Waals surface area contributed by atoms with Crippen molar-refractivity contribution >= 4 is 15.9 Å². The summed E-state index contributed by atoms with van der Waals surface area (Å²) in [6, 6.07) is 9.31. The van der Waals surface area contributed by atoms with E-state index in [2.05, 4.69) is 57.3 Å². The minimum atomic E-state index is 0.686. The molecule has 2 nitrogen and oxygen atoms in total. The Morgan fingerprint density at radius 3 is 2.74 bits per heavy atom. The van der Waals surface area contributed by atoms with Gasteiger partial charge in [-0.05, 0) is 63.0 Å². The lowest BCUT2D eigenvalue weighted by atomic mass is 10.1. The van der Waals surface area contributed by atoms with Crippen LogP contribution in [0.25, 0.3) is 0 Å². The highest BCUT2D eigenvalue weighted by atomic mass is 79.9. The molecule has 106 valence electrons. The number of nitrogens with zero attached hydrogens (tertiary/aromatic N) is 1. The second kappa shape index (κ2) is 8.03. The molecule has 0 aromatic heterocycles. The molecule has 0 radical (unpaired) electrons. The Kier molecular flexibility index (Phi) is 6.35. The van der Waals surface area contributed by atoms with Crippen LogP contribution in [0.2, 0.25) is 0 Å². The average molecular weight is 325 g/mol. The van der Waals surface area contributed by atoms with Gasteiger partial charge >= 0.3 is 0 Å². The molecule has 0 saturated carbocycles. The largest absolute Gasteiger partial charge is 0.310 e. The zero-order valence-electron chi connectivity index (χ0n) is 11.9. The topological polar surface area (TPSA) is 15.3 Å². The fraction of sp³-hybridized carbons (Fsp3) is 0.625. The number of nitrogens with one attached hydrogen (secondary N) is 1. The number of benzene rings is 1. The van der Waals surface area contributed by atoms with Gasteiger partial charge in [-0.3, -0.25) is 0 Å². The quantitative estimate of drug-likeness (QED) is 0.886. The fourth-order valence-electron chi connectivity index (χ4n) is 2.76. The second-order valence-electron chi connectivity index (χ2n) is 5.48. The van der Waals surface area contributed by atoms with E-state index in [4.69, 9.17) is 0 Å². The summed E-state index contributed by atoms with van der Waals surface area (Å²) < 4.78 is 1.15. The molecule has 1 saturated heterocycles. The molecule has 1 aliphatic rings. The summed E-state index contributed by atoms with van der Waals surface area (Å²) in [7, 11) is 0. The lowest BCUT2D eigenvalue weighted by molar-refractivity contribution is 0.282. The molecule has 1 atom stereocenters. The number of rotatable bonds is 5. The van der Waals surface area contributed by atoms with E-state index < -0.39 is 0 Å². The summed E-state index contributed by atoms with van der Waals surface area (Å²) in [4.78, 5) is 2.61. The molecule has 1 aromatic carbocycles. The molecule has 1 heterocycles. The smallest absolute Gasteiger partial charge is 0.0208 e. The van der Waals surface area contributed by atoms with Crippen LogP contribution in [0, 0.1) is 0 Å². The molecular weight excluding hydrogens is 300 g/mol. The first-order valence-electron chi connectivity index (χ1n) is 7.48. The predicted octanol–water partition coefficient (Wildman–Crippen LogP) is 3.80. The summed E-state index contributed by atoms with van der Waals surface area (Å²) >= 11 is 3.48. The van der Waals surface area contributed by atoms with Crippen molar-refractivity contribution in [3.8, 4) is 0 Å². The van der Waals surface area contributed by atoms with Crippen molar-refractivity contribution < 1.29 is 0 Å². The molecule has 1 N–H and O–H groups in total. The van der Waals surface area contributed by atoms with E-state index in [1.54, 1.807) is 0 Å². The highest BCUT2D eigenvalue weighted by Gasteiger charge is 2.15. The van der Waals surface area contributed by atoms with Gasteiger partial charge in [-0.2, -0.15) is 0 Å². The van der Waals surface area contributed by atoms with Gasteiger partial charge in [-0.15, -0.1) is 0 Å². The third-order valence-electron chi connectivity index (χ3n) is 3.87. The van der Waals surface area contributed by atoms with E-state index in [1.807, 2.05) is 0 Å². The Bertz CT molecular complexity index is 364. The molecule has 1 aliphatic heterocycles. The van der Waals surface area contributed by atoms with Crippen LogP contribution in [0.4, 0.5) is 0 Å². The predicted molar refractivity (Wildman–Crippen MR) is 85.4 cm³/mol. The molecular formula is C16H25BrN2. The second-order valence-corrected chi connectivity index (χ2v) is 6.39. The molecule has 1 unspecified atom stereocenters. The number of hydrogen-bond acceptors (Lipinski definition) is 2. The Hall–Kier alpha value is -0.380. The van der Waals surface area contributed by atoms with Gasteiger partial charge in [0.2, 0.25) is 0 Å². The third-order valence-corrected chi connectivity index (χ3v) is 4.40. The standard InChI is InChI=1S/C16H25BrN2/c1-2-10-19-11-3-4-16(9-12-19)18-13-14-5-7-15(17)8-6-14/h5-8,16,18H,2-4,9-13H2,1H3. The third kappa shape index (κ3) is 5.25. The SMILES string of the molecule is CCCN1CCCC(NCc2ccc(Br)cc2)CC1. The monoisotopic (exact) mass is 324 g/mol. The van der Waals surface area contributed by atoms with E-state index in [0.29, 0.717) is 6.04 Å². The van der Waals surface area contributed by atoms with Crippen LogP contribution in [-0.4, -0.2) is 30.6 Å². The van der Waals surface area contributed by atoms with Gasteiger partial charge in [0.1, 0.15) is 0 Å².